The third kappa shape index (κ3) is 3.84. The maximum Gasteiger partial charge on any atom is 0.344 e. The molecule has 1 aromatic carbocycles. The second-order valence-corrected chi connectivity index (χ2v) is 8.15. The molecule has 1 aliphatic carbocycles. The fraction of sp³-hybridized carbons (Fsp3) is 0.421. The normalized spacial score (nSPS) is 18.2. The van der Waals surface area contributed by atoms with Crippen molar-refractivity contribution in [3.8, 4) is 11.5 Å². The molecule has 2 aromatic rings. The molecule has 2 fully saturated rings. The Hall–Kier alpha value is -2.88. The molecule has 2 aliphatic rings. The van der Waals surface area contributed by atoms with Crippen molar-refractivity contribution in [1.82, 2.24) is 25.9 Å². The highest BCUT2D eigenvalue weighted by atomic mass is 32.2. The highest BCUT2D eigenvalue weighted by molar-refractivity contribution is 7.99. The van der Waals surface area contributed by atoms with Crippen LogP contribution < -0.4 is 10.7 Å². The number of hydrazine groups is 1. The van der Waals surface area contributed by atoms with E-state index >= 15 is 0 Å². The largest absolute Gasteiger partial charge is 0.411 e. The maximum absolute atomic E-state index is 12.7. The van der Waals surface area contributed by atoms with E-state index in [1.807, 2.05) is 31.2 Å². The number of amides is 4. The van der Waals surface area contributed by atoms with E-state index in [0.717, 1.165) is 47.2 Å². The lowest BCUT2D eigenvalue weighted by molar-refractivity contribution is -0.139. The van der Waals surface area contributed by atoms with Gasteiger partial charge < -0.3 is 9.73 Å². The number of benzene rings is 1. The first-order chi connectivity index (χ1) is 14.0. The summed E-state index contributed by atoms with van der Waals surface area (Å²) in [5, 5.41) is 11.7. The van der Waals surface area contributed by atoms with E-state index in [2.05, 4.69) is 20.9 Å². The number of rotatable bonds is 5. The molecular weight excluding hydrogens is 394 g/mol. The van der Waals surface area contributed by atoms with Crippen molar-refractivity contribution in [3.63, 3.8) is 0 Å². The summed E-state index contributed by atoms with van der Waals surface area (Å²) in [6.07, 6.45) is 4.00. The van der Waals surface area contributed by atoms with Crippen molar-refractivity contribution < 1.29 is 18.8 Å². The van der Waals surface area contributed by atoms with E-state index < -0.39 is 17.5 Å². The summed E-state index contributed by atoms with van der Waals surface area (Å²) >= 11 is 1.04. The van der Waals surface area contributed by atoms with Crippen molar-refractivity contribution in [3.05, 3.63) is 29.8 Å². The Kier molecular flexibility index (Phi) is 5.27. The van der Waals surface area contributed by atoms with Crippen LogP contribution in [0.5, 0.6) is 0 Å². The van der Waals surface area contributed by atoms with Gasteiger partial charge in [-0.25, -0.2) is 4.79 Å². The molecule has 1 spiro atoms. The molecule has 1 aliphatic heterocycles. The zero-order chi connectivity index (χ0) is 20.4. The molecule has 2 N–H and O–H groups in total. The first-order valence-corrected chi connectivity index (χ1v) is 10.5. The lowest BCUT2D eigenvalue weighted by atomic mass is 9.82. The van der Waals surface area contributed by atoms with Gasteiger partial charge in [0.1, 0.15) is 5.54 Å². The van der Waals surface area contributed by atoms with Gasteiger partial charge >= 0.3 is 6.03 Å². The molecule has 29 heavy (non-hydrogen) atoms. The van der Waals surface area contributed by atoms with Crippen LogP contribution in [0, 0.1) is 6.92 Å². The molecule has 2 heterocycles. The Bertz CT molecular complexity index is 954. The minimum absolute atomic E-state index is 0.0700. The number of aryl methyl sites for hydroxylation is 1. The molecular formula is C19H21N5O4S. The van der Waals surface area contributed by atoms with Crippen molar-refractivity contribution >= 4 is 29.6 Å². The molecule has 152 valence electrons. The maximum atomic E-state index is 12.7. The number of aromatic nitrogens is 2. The van der Waals surface area contributed by atoms with Crippen molar-refractivity contribution in [2.75, 3.05) is 5.75 Å². The average Bonchev–Trinajstić information content (AvgIpc) is 3.27. The molecule has 1 aromatic heterocycles. The zero-order valence-corrected chi connectivity index (χ0v) is 16.8. The van der Waals surface area contributed by atoms with Crippen LogP contribution in [-0.2, 0) is 9.59 Å². The lowest BCUT2D eigenvalue weighted by Gasteiger charge is -2.30. The van der Waals surface area contributed by atoms with Crippen LogP contribution in [-0.4, -0.2) is 44.3 Å². The molecule has 0 unspecified atom stereocenters. The molecule has 4 rings (SSSR count). The Labute approximate surface area is 171 Å². The number of urea groups is 1. The number of thioether (sulfide) groups is 1. The van der Waals surface area contributed by atoms with E-state index in [-0.39, 0.29) is 16.9 Å². The quantitative estimate of drug-likeness (QED) is 0.569. The minimum Gasteiger partial charge on any atom is -0.411 e. The van der Waals surface area contributed by atoms with Gasteiger partial charge in [-0.2, -0.15) is 5.01 Å². The fourth-order valence-corrected chi connectivity index (χ4v) is 4.25. The highest BCUT2D eigenvalue weighted by Gasteiger charge is 2.52. The molecule has 4 amide bonds. The van der Waals surface area contributed by atoms with Crippen LogP contribution in [0.25, 0.3) is 11.5 Å². The first kappa shape index (κ1) is 19.4. The molecule has 10 heteroatoms. The Morgan fingerprint density at radius 3 is 2.76 bits per heavy atom. The Balaban J connectivity index is 1.34. The number of imide groups is 1. The van der Waals surface area contributed by atoms with Gasteiger partial charge in [0.25, 0.3) is 11.1 Å². The molecule has 0 bridgehead atoms. The van der Waals surface area contributed by atoms with Crippen LogP contribution in [0.3, 0.4) is 0 Å². The summed E-state index contributed by atoms with van der Waals surface area (Å²) in [4.78, 5) is 37.1. The first-order valence-electron chi connectivity index (χ1n) is 9.47. The van der Waals surface area contributed by atoms with Crippen LogP contribution in [0.1, 0.15) is 37.7 Å². The van der Waals surface area contributed by atoms with Crippen LogP contribution >= 0.6 is 11.8 Å². The van der Waals surface area contributed by atoms with Gasteiger partial charge in [-0.3, -0.25) is 15.0 Å². The summed E-state index contributed by atoms with van der Waals surface area (Å²) in [6.45, 7) is 1.94. The van der Waals surface area contributed by atoms with Gasteiger partial charge in [0, 0.05) is 5.56 Å². The van der Waals surface area contributed by atoms with E-state index in [0.29, 0.717) is 18.7 Å². The zero-order valence-electron chi connectivity index (χ0n) is 15.9. The smallest absolute Gasteiger partial charge is 0.344 e. The average molecular weight is 415 g/mol. The summed E-state index contributed by atoms with van der Waals surface area (Å²) in [6, 6.07) is 7.03. The van der Waals surface area contributed by atoms with Crippen LogP contribution in [0.4, 0.5) is 4.79 Å². The number of nitrogens with one attached hydrogen (secondary N) is 2. The molecule has 0 radical (unpaired) electrons. The highest BCUT2D eigenvalue weighted by Crippen LogP contribution is 2.33. The number of nitrogens with zero attached hydrogens (tertiary/aromatic N) is 3. The topological polar surface area (TPSA) is 117 Å². The molecule has 1 saturated heterocycles. The van der Waals surface area contributed by atoms with Crippen molar-refractivity contribution in [1.29, 1.82) is 0 Å². The predicted octanol–water partition coefficient (Wildman–Crippen LogP) is 2.42. The SMILES string of the molecule is Cc1ccccc1-c1nnc(SCC(=O)NN2C(=O)NC3(CCCCC3)C2=O)o1. The number of hydrogen-bond donors (Lipinski definition) is 2. The predicted molar refractivity (Wildman–Crippen MR) is 105 cm³/mol. The molecule has 1 saturated carbocycles. The van der Waals surface area contributed by atoms with E-state index in [9.17, 15) is 14.4 Å². The van der Waals surface area contributed by atoms with Gasteiger partial charge in [0.2, 0.25) is 11.8 Å². The van der Waals surface area contributed by atoms with Gasteiger partial charge in [0.15, 0.2) is 0 Å². The van der Waals surface area contributed by atoms with Crippen molar-refractivity contribution in [2.45, 2.75) is 49.8 Å². The van der Waals surface area contributed by atoms with Crippen molar-refractivity contribution in [2.24, 2.45) is 0 Å². The number of carbonyl (C=O) groups excluding carboxylic acids is 3. The van der Waals surface area contributed by atoms with Gasteiger partial charge in [-0.1, -0.05) is 49.2 Å². The van der Waals surface area contributed by atoms with E-state index in [4.69, 9.17) is 4.42 Å². The Morgan fingerprint density at radius 2 is 2.00 bits per heavy atom. The van der Waals surface area contributed by atoms with Crippen LogP contribution in [0.2, 0.25) is 0 Å². The summed E-state index contributed by atoms with van der Waals surface area (Å²) in [5.74, 6) is -0.582. The summed E-state index contributed by atoms with van der Waals surface area (Å²) in [5.41, 5.74) is 3.35. The monoisotopic (exact) mass is 415 g/mol. The molecule has 0 atom stereocenters. The van der Waals surface area contributed by atoms with E-state index in [1.165, 1.54) is 0 Å². The molecule has 9 nitrogen and oxygen atoms in total. The van der Waals surface area contributed by atoms with Gasteiger partial charge in [-0.05, 0) is 31.4 Å². The number of carbonyl (C=O) groups is 3. The second-order valence-electron chi connectivity index (χ2n) is 7.23. The standard InChI is InChI=1S/C19H21N5O4S/c1-12-7-3-4-8-13(12)15-21-22-18(28-15)29-11-14(25)23-24-16(26)19(20-17(24)27)9-5-2-6-10-19/h3-4,7-8H,2,5-6,9-11H2,1H3,(H,20,27)(H,23,25). The summed E-state index contributed by atoms with van der Waals surface area (Å²) < 4.78 is 5.60. The third-order valence-electron chi connectivity index (χ3n) is 5.21. The third-order valence-corrected chi connectivity index (χ3v) is 6.03. The second kappa shape index (κ2) is 7.86. The van der Waals surface area contributed by atoms with Gasteiger partial charge in [-0.15, -0.1) is 10.2 Å². The van der Waals surface area contributed by atoms with Crippen LogP contribution in [0.15, 0.2) is 33.9 Å². The fourth-order valence-electron chi connectivity index (χ4n) is 3.69. The Morgan fingerprint density at radius 1 is 1.24 bits per heavy atom. The minimum atomic E-state index is -0.870. The lowest BCUT2D eigenvalue weighted by Crippen LogP contribution is -2.51. The number of hydrogen-bond acceptors (Lipinski definition) is 7. The summed E-state index contributed by atoms with van der Waals surface area (Å²) in [7, 11) is 0. The van der Waals surface area contributed by atoms with Gasteiger partial charge in [0.05, 0.1) is 5.75 Å². The van der Waals surface area contributed by atoms with E-state index in [1.54, 1.807) is 0 Å².